The lowest BCUT2D eigenvalue weighted by molar-refractivity contribution is -0.132. The van der Waals surface area contributed by atoms with Gasteiger partial charge in [0.1, 0.15) is 29.0 Å². The summed E-state index contributed by atoms with van der Waals surface area (Å²) in [5.41, 5.74) is 0.828. The number of thiophene rings is 1. The maximum atomic E-state index is 13.4. The summed E-state index contributed by atoms with van der Waals surface area (Å²) in [6, 6.07) is 14.9. The average Bonchev–Trinajstić information content (AvgIpc) is 3.47. The molecule has 1 atom stereocenters. The first-order valence-corrected chi connectivity index (χ1v) is 12.3. The van der Waals surface area contributed by atoms with Crippen LogP contribution in [0.4, 0.5) is 5.69 Å². The lowest BCUT2D eigenvalue weighted by Crippen LogP contribution is -2.29. The van der Waals surface area contributed by atoms with Crippen molar-refractivity contribution >= 4 is 34.5 Å². The number of benzene rings is 2. The Morgan fingerprint density at radius 2 is 1.63 bits per heavy atom. The summed E-state index contributed by atoms with van der Waals surface area (Å²) >= 11 is 1.40. The molecule has 2 aromatic carbocycles. The van der Waals surface area contributed by atoms with Crippen LogP contribution in [-0.2, 0) is 9.59 Å². The van der Waals surface area contributed by atoms with Crippen molar-refractivity contribution in [1.82, 2.24) is 0 Å². The molecule has 0 bridgehead atoms. The van der Waals surface area contributed by atoms with Crippen LogP contribution in [0.3, 0.4) is 0 Å². The molecule has 182 valence electrons. The molecule has 1 fully saturated rings. The number of amides is 1. The highest BCUT2D eigenvalue weighted by molar-refractivity contribution is 7.10. The first-order chi connectivity index (χ1) is 17.0. The zero-order valence-electron chi connectivity index (χ0n) is 19.8. The highest BCUT2D eigenvalue weighted by Crippen LogP contribution is 2.45. The number of rotatable bonds is 9. The molecule has 1 aliphatic heterocycles. The second-order valence-electron chi connectivity index (χ2n) is 7.64. The molecule has 35 heavy (non-hydrogen) atoms. The van der Waals surface area contributed by atoms with Crippen molar-refractivity contribution in [2.75, 3.05) is 24.7 Å². The van der Waals surface area contributed by atoms with Crippen molar-refractivity contribution in [1.29, 1.82) is 0 Å². The zero-order chi connectivity index (χ0) is 24.9. The summed E-state index contributed by atoms with van der Waals surface area (Å²) in [7, 11) is 0. The van der Waals surface area contributed by atoms with Crippen molar-refractivity contribution in [2.24, 2.45) is 0 Å². The third kappa shape index (κ3) is 4.74. The first kappa shape index (κ1) is 24.3. The van der Waals surface area contributed by atoms with Crippen LogP contribution in [0.25, 0.3) is 5.76 Å². The number of nitrogens with zero attached hydrogens (tertiary/aromatic N) is 1. The van der Waals surface area contributed by atoms with E-state index in [2.05, 4.69) is 0 Å². The first-order valence-electron chi connectivity index (χ1n) is 11.5. The van der Waals surface area contributed by atoms with Gasteiger partial charge in [-0.15, -0.1) is 11.3 Å². The number of Topliss-reactive ketones (excluding diaryl/α,β-unsaturated/α-hetero) is 1. The van der Waals surface area contributed by atoms with E-state index in [9.17, 15) is 14.7 Å². The number of anilines is 1. The highest BCUT2D eigenvalue weighted by Gasteiger charge is 2.47. The van der Waals surface area contributed by atoms with E-state index in [0.717, 1.165) is 4.88 Å². The predicted octanol–water partition coefficient (Wildman–Crippen LogP) is 5.57. The van der Waals surface area contributed by atoms with E-state index in [0.29, 0.717) is 48.3 Å². The van der Waals surface area contributed by atoms with Gasteiger partial charge in [-0.05, 0) is 56.5 Å². The topological polar surface area (TPSA) is 85.3 Å². The molecule has 1 saturated heterocycles. The van der Waals surface area contributed by atoms with E-state index in [1.54, 1.807) is 42.5 Å². The van der Waals surface area contributed by atoms with Gasteiger partial charge >= 0.3 is 0 Å². The molecule has 1 N–H and O–H groups in total. The molecule has 1 aromatic heterocycles. The summed E-state index contributed by atoms with van der Waals surface area (Å²) in [6.45, 7) is 6.86. The van der Waals surface area contributed by atoms with E-state index >= 15 is 0 Å². The molecule has 0 spiro atoms. The van der Waals surface area contributed by atoms with Crippen molar-refractivity contribution in [3.63, 3.8) is 0 Å². The van der Waals surface area contributed by atoms with Crippen LogP contribution in [0.15, 0.2) is 65.6 Å². The highest BCUT2D eigenvalue weighted by atomic mass is 32.1. The molecular weight excluding hydrogens is 466 g/mol. The lowest BCUT2D eigenvalue weighted by atomic mass is 9.99. The Hall–Kier alpha value is -3.78. The number of carbonyl (C=O) groups excluding carboxylic acids is 2. The second kappa shape index (κ2) is 10.7. The van der Waals surface area contributed by atoms with Crippen LogP contribution in [0.5, 0.6) is 17.2 Å². The number of carbonyl (C=O) groups is 2. The Kier molecular flexibility index (Phi) is 7.41. The van der Waals surface area contributed by atoms with Crippen LogP contribution in [0.2, 0.25) is 0 Å². The summed E-state index contributed by atoms with van der Waals surface area (Å²) in [5, 5.41) is 13.3. The number of ketones is 1. The van der Waals surface area contributed by atoms with Gasteiger partial charge in [0.15, 0.2) is 0 Å². The summed E-state index contributed by atoms with van der Waals surface area (Å²) in [4.78, 5) is 28.8. The molecular formula is C27H27NO6S. The number of hydrogen-bond donors (Lipinski definition) is 1. The molecule has 3 aromatic rings. The van der Waals surface area contributed by atoms with Gasteiger partial charge in [0.05, 0.1) is 31.0 Å². The van der Waals surface area contributed by atoms with Crippen molar-refractivity contribution in [3.8, 4) is 17.2 Å². The van der Waals surface area contributed by atoms with Crippen molar-refractivity contribution < 1.29 is 28.9 Å². The fourth-order valence-electron chi connectivity index (χ4n) is 4.08. The minimum atomic E-state index is -0.798. The second-order valence-corrected chi connectivity index (χ2v) is 8.62. The fourth-order valence-corrected chi connectivity index (χ4v) is 4.90. The van der Waals surface area contributed by atoms with Gasteiger partial charge in [-0.2, -0.15) is 0 Å². The minimum Gasteiger partial charge on any atom is -0.507 e. The van der Waals surface area contributed by atoms with E-state index in [4.69, 9.17) is 14.2 Å². The van der Waals surface area contributed by atoms with Gasteiger partial charge in [0.25, 0.3) is 11.7 Å². The van der Waals surface area contributed by atoms with Crippen LogP contribution < -0.4 is 19.1 Å². The molecule has 0 saturated carbocycles. The van der Waals surface area contributed by atoms with Gasteiger partial charge in [0, 0.05) is 22.7 Å². The fraction of sp³-hybridized carbons (Fsp3) is 0.259. The number of hydrogen-bond acceptors (Lipinski definition) is 7. The molecule has 1 unspecified atom stereocenters. The number of ether oxygens (including phenoxy) is 3. The maximum Gasteiger partial charge on any atom is 0.300 e. The molecule has 1 amide bonds. The van der Waals surface area contributed by atoms with Gasteiger partial charge in [-0.1, -0.05) is 12.1 Å². The average molecular weight is 494 g/mol. The standard InChI is InChI=1S/C27H27NO6S/c1-4-32-18-10-7-9-17(15-18)28-24(22-11-8-14-35-22)23(26(30)27(28)31)25(29)20-13-12-19(33-5-2)16-21(20)34-6-3/h7-16,24,29H,4-6H2,1-3H3/b25-23-. The third-order valence-electron chi connectivity index (χ3n) is 5.48. The number of aliphatic hydroxyl groups excluding tert-OH is 1. The quantitative estimate of drug-likeness (QED) is 0.238. The Labute approximate surface area is 208 Å². The van der Waals surface area contributed by atoms with E-state index in [-0.39, 0.29) is 11.3 Å². The molecule has 0 radical (unpaired) electrons. The largest absolute Gasteiger partial charge is 0.507 e. The third-order valence-corrected chi connectivity index (χ3v) is 6.41. The molecule has 7 nitrogen and oxygen atoms in total. The van der Waals surface area contributed by atoms with Gasteiger partial charge in [0.2, 0.25) is 0 Å². The van der Waals surface area contributed by atoms with Gasteiger partial charge in [-0.3, -0.25) is 14.5 Å². The monoisotopic (exact) mass is 493 g/mol. The van der Waals surface area contributed by atoms with Crippen LogP contribution in [0, 0.1) is 0 Å². The summed E-state index contributed by atoms with van der Waals surface area (Å²) in [5.74, 6) is -0.249. The molecule has 1 aliphatic rings. The zero-order valence-corrected chi connectivity index (χ0v) is 20.6. The van der Waals surface area contributed by atoms with Crippen LogP contribution >= 0.6 is 11.3 Å². The van der Waals surface area contributed by atoms with Crippen LogP contribution in [-0.4, -0.2) is 36.6 Å². The maximum absolute atomic E-state index is 13.4. The van der Waals surface area contributed by atoms with E-state index < -0.39 is 17.7 Å². The predicted molar refractivity (Wildman–Crippen MR) is 135 cm³/mol. The Balaban J connectivity index is 1.89. The number of aliphatic hydroxyl groups is 1. The van der Waals surface area contributed by atoms with Crippen LogP contribution in [0.1, 0.15) is 37.3 Å². The van der Waals surface area contributed by atoms with E-state index in [1.807, 2.05) is 38.3 Å². The lowest BCUT2D eigenvalue weighted by Gasteiger charge is -2.24. The van der Waals surface area contributed by atoms with Gasteiger partial charge < -0.3 is 19.3 Å². The summed E-state index contributed by atoms with van der Waals surface area (Å²) < 4.78 is 16.9. The SMILES string of the molecule is CCOc1cccc(N2C(=O)C(=O)/C(=C(\O)c3ccc(OCC)cc3OCC)C2c2cccs2)c1. The van der Waals surface area contributed by atoms with Crippen molar-refractivity contribution in [3.05, 3.63) is 76.0 Å². The Bertz CT molecular complexity index is 1250. The molecule has 4 rings (SSSR count). The molecule has 0 aliphatic carbocycles. The smallest absolute Gasteiger partial charge is 0.300 e. The van der Waals surface area contributed by atoms with Gasteiger partial charge in [-0.25, -0.2) is 0 Å². The Morgan fingerprint density at radius 3 is 2.29 bits per heavy atom. The normalized spacial score (nSPS) is 17.0. The van der Waals surface area contributed by atoms with Crippen molar-refractivity contribution in [2.45, 2.75) is 26.8 Å². The summed E-state index contributed by atoms with van der Waals surface area (Å²) in [6.07, 6.45) is 0. The minimum absolute atomic E-state index is 0.00405. The Morgan fingerprint density at radius 1 is 0.914 bits per heavy atom. The molecule has 8 heteroatoms. The molecule has 2 heterocycles. The van der Waals surface area contributed by atoms with E-state index in [1.165, 1.54) is 16.2 Å².